The summed E-state index contributed by atoms with van der Waals surface area (Å²) in [5.41, 5.74) is 1.23. The zero-order chi connectivity index (χ0) is 24.4. The van der Waals surface area contributed by atoms with E-state index in [0.29, 0.717) is 29.6 Å². The van der Waals surface area contributed by atoms with Crippen LogP contribution in [0.3, 0.4) is 0 Å². The third-order valence-corrected chi connectivity index (χ3v) is 5.63. The molecule has 0 atom stereocenters. The van der Waals surface area contributed by atoms with Gasteiger partial charge in [-0.1, -0.05) is 0 Å². The van der Waals surface area contributed by atoms with Crippen molar-refractivity contribution in [1.82, 2.24) is 9.47 Å². The van der Waals surface area contributed by atoms with E-state index >= 15 is 0 Å². The van der Waals surface area contributed by atoms with Crippen molar-refractivity contribution in [2.75, 3.05) is 13.1 Å². The number of halogens is 4. The van der Waals surface area contributed by atoms with Gasteiger partial charge in [-0.3, -0.25) is 0 Å². The molecule has 0 saturated heterocycles. The van der Waals surface area contributed by atoms with Crippen LogP contribution in [0.4, 0.5) is 22.4 Å². The van der Waals surface area contributed by atoms with Gasteiger partial charge in [-0.25, -0.2) is 22.4 Å². The minimum absolute atomic E-state index is 0.0304. The lowest BCUT2D eigenvalue weighted by Gasteiger charge is -2.20. The Kier molecular flexibility index (Phi) is 6.58. The molecule has 176 valence electrons. The standard InChI is InChI=1S/C26H22F4N2O2/c1-3-31(4-2)26(33)34-24-8-7-23-21(25(24)16-11-19(28)14-20(29)12-16)9-10-32(23)15-17-13-18(27)5-6-22(17)30/h5-14H,3-4,15H2,1-2H3. The predicted molar refractivity (Wildman–Crippen MR) is 122 cm³/mol. The number of aromatic nitrogens is 1. The van der Waals surface area contributed by atoms with E-state index in [1.165, 1.54) is 11.0 Å². The molecule has 0 unspecified atom stereocenters. The van der Waals surface area contributed by atoms with E-state index in [2.05, 4.69) is 0 Å². The van der Waals surface area contributed by atoms with Crippen LogP contribution in [-0.4, -0.2) is 28.6 Å². The first-order valence-corrected chi connectivity index (χ1v) is 10.8. The summed E-state index contributed by atoms with van der Waals surface area (Å²) in [5.74, 6) is -2.55. The van der Waals surface area contributed by atoms with E-state index < -0.39 is 29.4 Å². The van der Waals surface area contributed by atoms with Crippen LogP contribution >= 0.6 is 0 Å². The van der Waals surface area contributed by atoms with E-state index in [0.717, 1.165) is 36.4 Å². The van der Waals surface area contributed by atoms with Gasteiger partial charge in [-0.15, -0.1) is 0 Å². The molecular formula is C26H22F4N2O2. The number of fused-ring (bicyclic) bond motifs is 1. The molecule has 1 amide bonds. The summed E-state index contributed by atoms with van der Waals surface area (Å²) in [4.78, 5) is 14.1. The zero-order valence-corrected chi connectivity index (χ0v) is 18.6. The van der Waals surface area contributed by atoms with Crippen LogP contribution in [0.5, 0.6) is 5.75 Å². The lowest BCUT2D eigenvalue weighted by Crippen LogP contribution is -2.33. The quantitative estimate of drug-likeness (QED) is 0.292. The van der Waals surface area contributed by atoms with E-state index in [4.69, 9.17) is 4.74 Å². The first-order valence-electron chi connectivity index (χ1n) is 10.8. The van der Waals surface area contributed by atoms with Crippen LogP contribution in [0.2, 0.25) is 0 Å². The first-order chi connectivity index (χ1) is 16.3. The van der Waals surface area contributed by atoms with Crippen LogP contribution in [0.15, 0.2) is 60.8 Å². The van der Waals surface area contributed by atoms with Gasteiger partial charge in [-0.05, 0) is 67.9 Å². The highest BCUT2D eigenvalue weighted by molar-refractivity contribution is 5.99. The van der Waals surface area contributed by atoms with Crippen molar-refractivity contribution in [3.05, 3.63) is 89.6 Å². The summed E-state index contributed by atoms with van der Waals surface area (Å²) in [6.07, 6.45) is 1.06. The number of ether oxygens (including phenoxy) is 1. The molecule has 4 nitrogen and oxygen atoms in total. The fourth-order valence-corrected chi connectivity index (χ4v) is 3.96. The highest BCUT2D eigenvalue weighted by atomic mass is 19.1. The second kappa shape index (κ2) is 9.59. The monoisotopic (exact) mass is 470 g/mol. The molecule has 0 bridgehead atoms. The number of benzene rings is 3. The highest BCUT2D eigenvalue weighted by Crippen LogP contribution is 2.39. The van der Waals surface area contributed by atoms with Crippen molar-refractivity contribution in [3.63, 3.8) is 0 Å². The lowest BCUT2D eigenvalue weighted by molar-refractivity contribution is 0.157. The maximum Gasteiger partial charge on any atom is 0.415 e. The maximum absolute atomic E-state index is 14.2. The van der Waals surface area contributed by atoms with Crippen molar-refractivity contribution in [2.45, 2.75) is 20.4 Å². The summed E-state index contributed by atoms with van der Waals surface area (Å²) in [6.45, 7) is 4.50. The van der Waals surface area contributed by atoms with Crippen LogP contribution in [0, 0.1) is 23.3 Å². The van der Waals surface area contributed by atoms with Crippen LogP contribution in [0.1, 0.15) is 19.4 Å². The van der Waals surface area contributed by atoms with Gasteiger partial charge in [-0.2, -0.15) is 0 Å². The molecule has 3 aromatic carbocycles. The van der Waals surface area contributed by atoms with Crippen LogP contribution < -0.4 is 4.74 Å². The molecule has 0 N–H and O–H groups in total. The van der Waals surface area contributed by atoms with Gasteiger partial charge >= 0.3 is 6.09 Å². The van der Waals surface area contributed by atoms with Crippen molar-refractivity contribution in [3.8, 4) is 16.9 Å². The maximum atomic E-state index is 14.2. The Bertz CT molecular complexity index is 1340. The average Bonchev–Trinajstić information content (AvgIpc) is 3.19. The fourth-order valence-electron chi connectivity index (χ4n) is 3.96. The molecule has 34 heavy (non-hydrogen) atoms. The Morgan fingerprint density at radius 1 is 0.882 bits per heavy atom. The van der Waals surface area contributed by atoms with Crippen molar-refractivity contribution < 1.29 is 27.1 Å². The molecule has 4 rings (SSSR count). The second-order valence-corrected chi connectivity index (χ2v) is 7.75. The molecule has 0 spiro atoms. The fraction of sp³-hybridized carbons (Fsp3) is 0.192. The van der Waals surface area contributed by atoms with Crippen molar-refractivity contribution in [2.24, 2.45) is 0 Å². The Morgan fingerprint density at radius 2 is 1.59 bits per heavy atom. The third kappa shape index (κ3) is 4.62. The number of carbonyl (C=O) groups excluding carboxylic acids is 1. The van der Waals surface area contributed by atoms with E-state index in [9.17, 15) is 22.4 Å². The third-order valence-electron chi connectivity index (χ3n) is 5.63. The van der Waals surface area contributed by atoms with Crippen LogP contribution in [0.25, 0.3) is 22.0 Å². The molecular weight excluding hydrogens is 448 g/mol. The van der Waals surface area contributed by atoms with Crippen molar-refractivity contribution >= 4 is 17.0 Å². The molecule has 0 saturated carbocycles. The number of carbonyl (C=O) groups is 1. The molecule has 0 aliphatic rings. The molecule has 4 aromatic rings. The van der Waals surface area contributed by atoms with Gasteiger partial charge in [0.15, 0.2) is 0 Å². The normalized spacial score (nSPS) is 11.1. The van der Waals surface area contributed by atoms with Gasteiger partial charge in [0.25, 0.3) is 0 Å². The van der Waals surface area contributed by atoms with Gasteiger partial charge < -0.3 is 14.2 Å². The van der Waals surface area contributed by atoms with Gasteiger partial charge in [0.05, 0.1) is 6.54 Å². The summed E-state index contributed by atoms with van der Waals surface area (Å²) < 4.78 is 63.3. The summed E-state index contributed by atoms with van der Waals surface area (Å²) in [6, 6.07) is 11.1. The predicted octanol–water partition coefficient (Wildman–Crippen LogP) is 6.75. The molecule has 0 aliphatic heterocycles. The Balaban J connectivity index is 1.86. The summed E-state index contributed by atoms with van der Waals surface area (Å²) in [7, 11) is 0. The van der Waals surface area contributed by atoms with E-state index in [1.54, 1.807) is 22.9 Å². The minimum Gasteiger partial charge on any atom is -0.410 e. The molecule has 0 radical (unpaired) electrons. The van der Waals surface area contributed by atoms with Gasteiger partial charge in [0.1, 0.15) is 29.0 Å². The van der Waals surface area contributed by atoms with E-state index in [1.807, 2.05) is 13.8 Å². The van der Waals surface area contributed by atoms with Crippen molar-refractivity contribution in [1.29, 1.82) is 0 Å². The summed E-state index contributed by atoms with van der Waals surface area (Å²) in [5, 5.41) is 0.534. The highest BCUT2D eigenvalue weighted by Gasteiger charge is 2.20. The van der Waals surface area contributed by atoms with Crippen LogP contribution in [-0.2, 0) is 6.54 Å². The zero-order valence-electron chi connectivity index (χ0n) is 18.6. The van der Waals surface area contributed by atoms with E-state index in [-0.39, 0.29) is 23.4 Å². The van der Waals surface area contributed by atoms with Gasteiger partial charge in [0, 0.05) is 47.4 Å². The number of amides is 1. The smallest absolute Gasteiger partial charge is 0.410 e. The second-order valence-electron chi connectivity index (χ2n) is 7.75. The number of hydrogen-bond donors (Lipinski definition) is 0. The molecule has 1 heterocycles. The molecule has 1 aromatic heterocycles. The lowest BCUT2D eigenvalue weighted by atomic mass is 10.00. The average molecular weight is 470 g/mol. The topological polar surface area (TPSA) is 34.5 Å². The van der Waals surface area contributed by atoms with Gasteiger partial charge in [0.2, 0.25) is 0 Å². The molecule has 0 fully saturated rings. The largest absolute Gasteiger partial charge is 0.415 e. The Hall–Kier alpha value is -3.81. The Labute approximate surface area is 194 Å². The molecule has 0 aliphatic carbocycles. The molecule has 8 heteroatoms. The minimum atomic E-state index is -0.783. The number of nitrogens with zero attached hydrogens (tertiary/aromatic N) is 2. The number of hydrogen-bond acceptors (Lipinski definition) is 2. The summed E-state index contributed by atoms with van der Waals surface area (Å²) >= 11 is 0. The number of rotatable bonds is 6. The Morgan fingerprint density at radius 3 is 2.26 bits per heavy atom. The first kappa shape index (κ1) is 23.4. The SMILES string of the molecule is CCN(CC)C(=O)Oc1ccc2c(ccn2Cc2cc(F)ccc2F)c1-c1cc(F)cc(F)c1.